The zero-order chi connectivity index (χ0) is 12.3. The van der Waals surface area contributed by atoms with E-state index >= 15 is 0 Å². The molecule has 0 N–H and O–H groups in total. The number of nitriles is 1. The molecule has 0 fully saturated rings. The standard InChI is InChI=1S/C9H6FN.C5H5N/c10-9-5-3-8(4-6-9)2-1-7-11;1-2-4-6-5-3-1/h1-6H;1-5H. The average molecular weight is 226 g/mol. The minimum Gasteiger partial charge on any atom is -0.265 e. The SMILES string of the molecule is N#CC=Cc1ccc(F)cc1.c1ccncc1. The van der Waals surface area contributed by atoms with Crippen LogP contribution in [-0.2, 0) is 0 Å². The van der Waals surface area contributed by atoms with Crippen molar-refractivity contribution < 1.29 is 4.39 Å². The first-order valence-electron chi connectivity index (χ1n) is 4.99. The van der Waals surface area contributed by atoms with Crippen LogP contribution in [0.1, 0.15) is 5.56 Å². The molecule has 0 aliphatic heterocycles. The monoisotopic (exact) mass is 226 g/mol. The number of halogens is 1. The first-order chi connectivity index (χ1) is 8.33. The Morgan fingerprint density at radius 3 is 2.12 bits per heavy atom. The van der Waals surface area contributed by atoms with Gasteiger partial charge in [0.25, 0.3) is 0 Å². The fraction of sp³-hybridized carbons (Fsp3) is 0. The van der Waals surface area contributed by atoms with Crippen LogP contribution in [0.3, 0.4) is 0 Å². The first kappa shape index (κ1) is 12.6. The number of nitrogens with zero attached hydrogens (tertiary/aromatic N) is 2. The molecular weight excluding hydrogens is 215 g/mol. The number of hydrogen-bond donors (Lipinski definition) is 0. The van der Waals surface area contributed by atoms with Crippen molar-refractivity contribution in [2.75, 3.05) is 0 Å². The van der Waals surface area contributed by atoms with E-state index in [2.05, 4.69) is 4.98 Å². The largest absolute Gasteiger partial charge is 0.265 e. The number of hydrogen-bond acceptors (Lipinski definition) is 2. The maximum atomic E-state index is 12.3. The van der Waals surface area contributed by atoms with Crippen LogP contribution >= 0.6 is 0 Å². The zero-order valence-corrected chi connectivity index (χ0v) is 9.12. The maximum absolute atomic E-state index is 12.3. The Kier molecular flexibility index (Phi) is 5.76. The highest BCUT2D eigenvalue weighted by atomic mass is 19.1. The van der Waals surface area contributed by atoms with Crippen molar-refractivity contribution in [2.24, 2.45) is 0 Å². The van der Waals surface area contributed by atoms with Crippen LogP contribution in [-0.4, -0.2) is 4.98 Å². The molecule has 3 heteroatoms. The molecule has 2 rings (SSSR count). The van der Waals surface area contributed by atoms with Crippen LogP contribution in [0.2, 0.25) is 0 Å². The molecule has 0 saturated carbocycles. The summed E-state index contributed by atoms with van der Waals surface area (Å²) in [5, 5.41) is 8.17. The van der Waals surface area contributed by atoms with Crippen molar-refractivity contribution >= 4 is 6.08 Å². The molecule has 1 aromatic heterocycles. The van der Waals surface area contributed by atoms with E-state index in [1.54, 1.807) is 30.6 Å². The lowest BCUT2D eigenvalue weighted by atomic mass is 10.2. The summed E-state index contributed by atoms with van der Waals surface area (Å²) in [6.45, 7) is 0. The average Bonchev–Trinajstić information content (AvgIpc) is 2.41. The number of allylic oxidation sites excluding steroid dienone is 1. The normalized spacial score (nSPS) is 9.18. The number of aromatic nitrogens is 1. The fourth-order valence-corrected chi connectivity index (χ4v) is 1.02. The van der Waals surface area contributed by atoms with Crippen molar-refractivity contribution in [3.05, 3.63) is 72.3 Å². The predicted octanol–water partition coefficient (Wildman–Crippen LogP) is 3.44. The Labute approximate surface area is 99.7 Å². The summed E-state index contributed by atoms with van der Waals surface area (Å²) in [4.78, 5) is 3.78. The van der Waals surface area contributed by atoms with Crippen molar-refractivity contribution in [3.63, 3.8) is 0 Å². The van der Waals surface area contributed by atoms with Gasteiger partial charge in [0.05, 0.1) is 6.07 Å². The lowest BCUT2D eigenvalue weighted by Crippen LogP contribution is -1.73. The van der Waals surface area contributed by atoms with E-state index in [0.29, 0.717) is 0 Å². The summed E-state index contributed by atoms with van der Waals surface area (Å²) < 4.78 is 12.3. The first-order valence-corrected chi connectivity index (χ1v) is 4.99. The van der Waals surface area contributed by atoms with Gasteiger partial charge in [0.1, 0.15) is 5.82 Å². The summed E-state index contributed by atoms with van der Waals surface area (Å²) in [6, 6.07) is 13.5. The van der Waals surface area contributed by atoms with E-state index < -0.39 is 0 Å². The molecule has 0 radical (unpaired) electrons. The maximum Gasteiger partial charge on any atom is 0.123 e. The van der Waals surface area contributed by atoms with E-state index in [1.807, 2.05) is 24.3 Å². The molecule has 2 nitrogen and oxygen atoms in total. The second kappa shape index (κ2) is 7.77. The van der Waals surface area contributed by atoms with E-state index in [9.17, 15) is 4.39 Å². The molecule has 0 aliphatic rings. The molecule has 0 amide bonds. The van der Waals surface area contributed by atoms with Crippen LogP contribution in [0.25, 0.3) is 6.08 Å². The molecule has 1 aromatic carbocycles. The van der Waals surface area contributed by atoms with E-state index in [-0.39, 0.29) is 5.82 Å². The van der Waals surface area contributed by atoms with Crippen LogP contribution in [0, 0.1) is 17.1 Å². The van der Waals surface area contributed by atoms with Crippen LogP contribution in [0.15, 0.2) is 60.9 Å². The molecule has 0 saturated heterocycles. The molecular formula is C14H11FN2. The van der Waals surface area contributed by atoms with Gasteiger partial charge in [0.2, 0.25) is 0 Å². The summed E-state index contributed by atoms with van der Waals surface area (Å²) in [7, 11) is 0. The second-order valence-corrected chi connectivity index (χ2v) is 3.04. The van der Waals surface area contributed by atoms with E-state index in [0.717, 1.165) is 5.56 Å². The van der Waals surface area contributed by atoms with Crippen molar-refractivity contribution in [1.29, 1.82) is 5.26 Å². The van der Waals surface area contributed by atoms with Gasteiger partial charge in [0, 0.05) is 18.5 Å². The second-order valence-electron chi connectivity index (χ2n) is 3.04. The summed E-state index contributed by atoms with van der Waals surface area (Å²) in [6.07, 6.45) is 6.48. The molecule has 0 unspecified atom stereocenters. The van der Waals surface area contributed by atoms with Crippen molar-refractivity contribution in [1.82, 2.24) is 4.98 Å². The molecule has 0 atom stereocenters. The Balaban J connectivity index is 0.000000202. The Hall–Kier alpha value is -2.47. The highest BCUT2D eigenvalue weighted by molar-refractivity contribution is 5.51. The molecule has 1 heterocycles. The minimum atomic E-state index is -0.265. The van der Waals surface area contributed by atoms with Crippen LogP contribution in [0.4, 0.5) is 4.39 Å². The minimum absolute atomic E-state index is 0.265. The number of benzene rings is 1. The lowest BCUT2D eigenvalue weighted by molar-refractivity contribution is 0.628. The smallest absolute Gasteiger partial charge is 0.123 e. The summed E-state index contributed by atoms with van der Waals surface area (Å²) in [5.74, 6) is -0.265. The van der Waals surface area contributed by atoms with Gasteiger partial charge in [-0.2, -0.15) is 5.26 Å². The molecule has 84 valence electrons. The third-order valence-electron chi connectivity index (χ3n) is 1.79. The van der Waals surface area contributed by atoms with E-state index in [1.165, 1.54) is 18.2 Å². The number of pyridine rings is 1. The molecule has 2 aromatic rings. The van der Waals surface area contributed by atoms with Gasteiger partial charge in [-0.25, -0.2) is 4.39 Å². The Morgan fingerprint density at radius 1 is 1.06 bits per heavy atom. The Bertz CT molecular complexity index is 457. The highest BCUT2D eigenvalue weighted by Gasteiger charge is 1.87. The van der Waals surface area contributed by atoms with Crippen molar-refractivity contribution in [2.45, 2.75) is 0 Å². The van der Waals surface area contributed by atoms with Gasteiger partial charge in [-0.05, 0) is 35.9 Å². The van der Waals surface area contributed by atoms with Gasteiger partial charge in [-0.1, -0.05) is 18.2 Å². The predicted molar refractivity (Wildman–Crippen MR) is 65.3 cm³/mol. The van der Waals surface area contributed by atoms with Gasteiger partial charge >= 0.3 is 0 Å². The molecule has 17 heavy (non-hydrogen) atoms. The third-order valence-corrected chi connectivity index (χ3v) is 1.79. The molecule has 0 spiro atoms. The number of rotatable bonds is 1. The lowest BCUT2D eigenvalue weighted by Gasteiger charge is -1.89. The summed E-state index contributed by atoms with van der Waals surface area (Å²) in [5.41, 5.74) is 0.827. The van der Waals surface area contributed by atoms with Crippen LogP contribution < -0.4 is 0 Å². The third kappa shape index (κ3) is 5.85. The zero-order valence-electron chi connectivity index (χ0n) is 9.12. The topological polar surface area (TPSA) is 36.7 Å². The summed E-state index contributed by atoms with van der Waals surface area (Å²) >= 11 is 0. The molecule has 0 aliphatic carbocycles. The fourth-order valence-electron chi connectivity index (χ4n) is 1.02. The highest BCUT2D eigenvalue weighted by Crippen LogP contribution is 2.03. The van der Waals surface area contributed by atoms with Gasteiger partial charge in [-0.15, -0.1) is 0 Å². The van der Waals surface area contributed by atoms with Crippen LogP contribution in [0.5, 0.6) is 0 Å². The van der Waals surface area contributed by atoms with E-state index in [4.69, 9.17) is 5.26 Å². The van der Waals surface area contributed by atoms with Crippen molar-refractivity contribution in [3.8, 4) is 6.07 Å². The quantitative estimate of drug-likeness (QED) is 0.698. The van der Waals surface area contributed by atoms with Gasteiger partial charge in [0.15, 0.2) is 0 Å². The van der Waals surface area contributed by atoms with Gasteiger partial charge in [-0.3, -0.25) is 4.98 Å². The molecule has 0 bridgehead atoms. The van der Waals surface area contributed by atoms with Gasteiger partial charge < -0.3 is 0 Å². The Morgan fingerprint density at radius 2 is 1.71 bits per heavy atom.